The van der Waals surface area contributed by atoms with E-state index in [4.69, 9.17) is 26.4 Å². The summed E-state index contributed by atoms with van der Waals surface area (Å²) in [5.41, 5.74) is 2.01. The quantitative estimate of drug-likeness (QED) is 0.354. The standard InChI is InChI=1S/C17H14ClFN4O5S/c18-11-7-9(5-6-12(11)19)15-16(28-14(22-15)8-21-17(24)23-25)10-3-1-2-4-13(10)29(20,26)27/h1-7,25H,8H2,(H2,20,26,27)(H2,21,23,24). The summed E-state index contributed by atoms with van der Waals surface area (Å²) in [7, 11) is -4.10. The van der Waals surface area contributed by atoms with Crippen molar-refractivity contribution in [2.75, 3.05) is 0 Å². The predicted octanol–water partition coefficient (Wildman–Crippen LogP) is 2.64. The van der Waals surface area contributed by atoms with Gasteiger partial charge >= 0.3 is 6.03 Å². The number of amides is 2. The molecular formula is C17H14ClFN4O5S. The van der Waals surface area contributed by atoms with Gasteiger partial charge in [-0.15, -0.1) is 0 Å². The summed E-state index contributed by atoms with van der Waals surface area (Å²) < 4.78 is 43.2. The molecule has 0 spiro atoms. The van der Waals surface area contributed by atoms with Crippen LogP contribution in [0.3, 0.4) is 0 Å². The molecule has 0 aliphatic heterocycles. The molecule has 0 saturated carbocycles. The maximum atomic E-state index is 13.6. The lowest BCUT2D eigenvalue weighted by atomic mass is 10.1. The van der Waals surface area contributed by atoms with Crippen LogP contribution < -0.4 is 15.9 Å². The second-order valence-corrected chi connectivity index (χ2v) is 7.69. The molecule has 12 heteroatoms. The Hall–Kier alpha value is -2.99. The van der Waals surface area contributed by atoms with Crippen molar-refractivity contribution in [3.8, 4) is 22.6 Å². The number of rotatable bonds is 5. The van der Waals surface area contributed by atoms with Gasteiger partial charge in [-0.3, -0.25) is 5.21 Å². The van der Waals surface area contributed by atoms with E-state index in [-0.39, 0.29) is 39.4 Å². The number of aromatic nitrogens is 1. The molecular weight excluding hydrogens is 427 g/mol. The van der Waals surface area contributed by atoms with Gasteiger partial charge in [0.2, 0.25) is 15.9 Å². The third-order valence-electron chi connectivity index (χ3n) is 3.80. The zero-order chi connectivity index (χ0) is 21.2. The number of hydrogen-bond donors (Lipinski definition) is 4. The van der Waals surface area contributed by atoms with Gasteiger partial charge in [0, 0.05) is 11.1 Å². The van der Waals surface area contributed by atoms with Crippen LogP contribution in [0.4, 0.5) is 9.18 Å². The first kappa shape index (κ1) is 20.7. The Balaban J connectivity index is 2.18. The number of nitrogens with one attached hydrogen (secondary N) is 2. The third kappa shape index (κ3) is 4.54. The number of oxazole rings is 1. The first-order chi connectivity index (χ1) is 13.7. The Morgan fingerprint density at radius 2 is 2.00 bits per heavy atom. The Bertz CT molecular complexity index is 1180. The number of benzene rings is 2. The number of hydroxylamine groups is 1. The zero-order valence-corrected chi connectivity index (χ0v) is 16.1. The highest BCUT2D eigenvalue weighted by molar-refractivity contribution is 7.89. The topological polar surface area (TPSA) is 148 Å². The third-order valence-corrected chi connectivity index (χ3v) is 5.06. The van der Waals surface area contributed by atoms with Crippen LogP contribution >= 0.6 is 11.6 Å². The fourth-order valence-corrected chi connectivity index (χ4v) is 3.48. The minimum Gasteiger partial charge on any atom is -0.438 e. The summed E-state index contributed by atoms with van der Waals surface area (Å²) in [6, 6.07) is 8.74. The van der Waals surface area contributed by atoms with Crippen molar-refractivity contribution >= 4 is 27.7 Å². The monoisotopic (exact) mass is 440 g/mol. The molecule has 0 saturated heterocycles. The summed E-state index contributed by atoms with van der Waals surface area (Å²) >= 11 is 5.85. The number of carbonyl (C=O) groups is 1. The van der Waals surface area contributed by atoms with E-state index in [1.807, 2.05) is 0 Å². The molecule has 0 unspecified atom stereocenters. The Labute approximate surface area is 169 Å². The highest BCUT2D eigenvalue weighted by atomic mass is 35.5. The predicted molar refractivity (Wildman–Crippen MR) is 101 cm³/mol. The van der Waals surface area contributed by atoms with Gasteiger partial charge in [0.15, 0.2) is 5.76 Å². The summed E-state index contributed by atoms with van der Waals surface area (Å²) in [4.78, 5) is 15.2. The van der Waals surface area contributed by atoms with Crippen molar-refractivity contribution in [2.45, 2.75) is 11.4 Å². The largest absolute Gasteiger partial charge is 0.438 e. The number of sulfonamides is 1. The van der Waals surface area contributed by atoms with Crippen LogP contribution in [0, 0.1) is 5.82 Å². The number of halogens is 2. The van der Waals surface area contributed by atoms with Crippen LogP contribution in [0.1, 0.15) is 5.89 Å². The van der Waals surface area contributed by atoms with Gasteiger partial charge in [0.1, 0.15) is 11.5 Å². The number of carbonyl (C=O) groups excluding carboxylic acids is 1. The van der Waals surface area contributed by atoms with E-state index >= 15 is 0 Å². The number of nitrogens with zero attached hydrogens (tertiary/aromatic N) is 1. The Morgan fingerprint density at radius 3 is 2.66 bits per heavy atom. The summed E-state index contributed by atoms with van der Waals surface area (Å²) in [6.07, 6.45) is 0. The summed E-state index contributed by atoms with van der Waals surface area (Å²) in [5.74, 6) is -0.631. The van der Waals surface area contributed by atoms with Crippen molar-refractivity contribution in [1.82, 2.24) is 15.8 Å². The van der Waals surface area contributed by atoms with Crippen molar-refractivity contribution in [1.29, 1.82) is 0 Å². The maximum Gasteiger partial charge on any atom is 0.338 e. The lowest BCUT2D eigenvalue weighted by Crippen LogP contribution is -2.32. The van der Waals surface area contributed by atoms with Gasteiger partial charge in [-0.2, -0.15) is 0 Å². The van der Waals surface area contributed by atoms with E-state index in [9.17, 15) is 17.6 Å². The molecule has 2 amide bonds. The molecule has 29 heavy (non-hydrogen) atoms. The average Bonchev–Trinajstić information content (AvgIpc) is 3.11. The fourth-order valence-electron chi connectivity index (χ4n) is 2.56. The molecule has 2 aromatic carbocycles. The first-order valence-corrected chi connectivity index (χ1v) is 9.88. The Kier molecular flexibility index (Phi) is 5.84. The van der Waals surface area contributed by atoms with Gasteiger partial charge in [0.05, 0.1) is 16.5 Å². The molecule has 0 aliphatic carbocycles. The normalized spacial score (nSPS) is 11.3. The molecule has 1 heterocycles. The minimum atomic E-state index is -4.10. The minimum absolute atomic E-state index is 0.0109. The molecule has 0 bridgehead atoms. The van der Waals surface area contributed by atoms with E-state index in [0.717, 1.165) is 6.07 Å². The molecule has 9 nitrogen and oxygen atoms in total. The molecule has 0 aliphatic rings. The van der Waals surface area contributed by atoms with E-state index in [1.165, 1.54) is 35.8 Å². The lowest BCUT2D eigenvalue weighted by molar-refractivity contribution is 0.161. The zero-order valence-electron chi connectivity index (χ0n) is 14.5. The van der Waals surface area contributed by atoms with Gasteiger partial charge in [-0.25, -0.2) is 33.2 Å². The van der Waals surface area contributed by atoms with Crippen molar-refractivity contribution in [3.63, 3.8) is 0 Å². The Morgan fingerprint density at radius 1 is 1.28 bits per heavy atom. The number of nitrogens with two attached hydrogens (primary N) is 1. The number of primary sulfonamides is 1. The first-order valence-electron chi connectivity index (χ1n) is 7.96. The summed E-state index contributed by atoms with van der Waals surface area (Å²) in [6.45, 7) is -0.230. The average molecular weight is 441 g/mol. The van der Waals surface area contributed by atoms with Crippen LogP contribution in [0.25, 0.3) is 22.6 Å². The summed E-state index contributed by atoms with van der Waals surface area (Å²) in [5, 5.41) is 16.0. The van der Waals surface area contributed by atoms with Crippen LogP contribution in [-0.2, 0) is 16.6 Å². The number of hydrogen-bond acceptors (Lipinski definition) is 6. The van der Waals surface area contributed by atoms with Crippen LogP contribution in [0.5, 0.6) is 0 Å². The maximum absolute atomic E-state index is 13.6. The smallest absolute Gasteiger partial charge is 0.338 e. The van der Waals surface area contributed by atoms with Crippen molar-refractivity contribution in [3.05, 3.63) is 59.2 Å². The second-order valence-electron chi connectivity index (χ2n) is 5.75. The van der Waals surface area contributed by atoms with Crippen LogP contribution in [0.2, 0.25) is 5.02 Å². The van der Waals surface area contributed by atoms with Gasteiger partial charge < -0.3 is 9.73 Å². The molecule has 152 valence electrons. The van der Waals surface area contributed by atoms with Gasteiger partial charge in [-0.05, 0) is 30.3 Å². The molecule has 0 atom stereocenters. The molecule has 5 N–H and O–H groups in total. The highest BCUT2D eigenvalue weighted by Crippen LogP contribution is 2.37. The number of urea groups is 1. The highest BCUT2D eigenvalue weighted by Gasteiger charge is 2.23. The van der Waals surface area contributed by atoms with Gasteiger partial charge in [-0.1, -0.05) is 23.7 Å². The molecule has 3 aromatic rings. The lowest BCUT2D eigenvalue weighted by Gasteiger charge is -2.07. The van der Waals surface area contributed by atoms with E-state index in [0.29, 0.717) is 5.56 Å². The van der Waals surface area contributed by atoms with Crippen molar-refractivity contribution < 1.29 is 27.2 Å². The van der Waals surface area contributed by atoms with E-state index in [2.05, 4.69) is 10.3 Å². The van der Waals surface area contributed by atoms with Crippen molar-refractivity contribution in [2.24, 2.45) is 5.14 Å². The second kappa shape index (κ2) is 8.17. The van der Waals surface area contributed by atoms with Crippen LogP contribution in [0.15, 0.2) is 51.8 Å². The van der Waals surface area contributed by atoms with Gasteiger partial charge in [0.25, 0.3) is 0 Å². The molecule has 3 rings (SSSR count). The molecule has 0 fully saturated rings. The van der Waals surface area contributed by atoms with Crippen LogP contribution in [-0.4, -0.2) is 24.6 Å². The molecule has 0 radical (unpaired) electrons. The fraction of sp³-hybridized carbons (Fsp3) is 0.0588. The molecule has 1 aromatic heterocycles. The SMILES string of the molecule is NS(=O)(=O)c1ccccc1-c1oc(CNC(=O)NO)nc1-c1ccc(F)c(Cl)c1. The van der Waals surface area contributed by atoms with E-state index in [1.54, 1.807) is 6.07 Å². The van der Waals surface area contributed by atoms with E-state index < -0.39 is 21.9 Å².